The van der Waals surface area contributed by atoms with Gasteiger partial charge in [0.15, 0.2) is 0 Å². The van der Waals surface area contributed by atoms with Crippen molar-refractivity contribution in [3.8, 4) is 6.07 Å². The Hall–Kier alpha value is -1.69. The fraction of sp³-hybridized carbons (Fsp3) is 0.462. The van der Waals surface area contributed by atoms with E-state index in [1.165, 1.54) is 12.8 Å². The molecule has 0 saturated carbocycles. The SMILES string of the molecule is CCC1CCCN1c1ccc(N)c(C#N)c1. The molecule has 1 saturated heterocycles. The third kappa shape index (κ3) is 1.83. The van der Waals surface area contributed by atoms with Crippen molar-refractivity contribution in [1.29, 1.82) is 5.26 Å². The van der Waals surface area contributed by atoms with Crippen LogP contribution in [0.4, 0.5) is 11.4 Å². The minimum absolute atomic E-state index is 0.568. The molecule has 3 nitrogen and oxygen atoms in total. The molecule has 0 spiro atoms. The number of nitriles is 1. The summed E-state index contributed by atoms with van der Waals surface area (Å²) >= 11 is 0. The second-order valence-electron chi connectivity index (χ2n) is 4.28. The van der Waals surface area contributed by atoms with E-state index in [1.807, 2.05) is 18.2 Å². The normalized spacial score (nSPS) is 19.8. The Bertz CT molecular complexity index is 420. The van der Waals surface area contributed by atoms with Gasteiger partial charge in [0.05, 0.1) is 5.56 Å². The first-order chi connectivity index (χ1) is 7.76. The first kappa shape index (κ1) is 10.8. The highest BCUT2D eigenvalue weighted by atomic mass is 15.2. The molecule has 16 heavy (non-hydrogen) atoms. The molecule has 0 bridgehead atoms. The largest absolute Gasteiger partial charge is 0.398 e. The highest BCUT2D eigenvalue weighted by Gasteiger charge is 2.23. The summed E-state index contributed by atoms with van der Waals surface area (Å²) in [5.41, 5.74) is 8.01. The van der Waals surface area contributed by atoms with E-state index in [4.69, 9.17) is 11.0 Å². The van der Waals surface area contributed by atoms with Crippen LogP contribution in [0.25, 0.3) is 0 Å². The summed E-state index contributed by atoms with van der Waals surface area (Å²) in [6.45, 7) is 3.30. The van der Waals surface area contributed by atoms with Gasteiger partial charge in [-0.25, -0.2) is 0 Å². The molecule has 1 aromatic rings. The molecule has 1 atom stereocenters. The number of benzene rings is 1. The molecule has 2 rings (SSSR count). The van der Waals surface area contributed by atoms with Crippen LogP contribution in [0.1, 0.15) is 31.7 Å². The Kier molecular flexibility index (Phi) is 3.00. The standard InChI is InChI=1S/C13H17N3/c1-2-11-4-3-7-16(11)12-5-6-13(15)10(8-12)9-14/h5-6,8,11H,2-4,7,15H2,1H3. The minimum Gasteiger partial charge on any atom is -0.398 e. The zero-order valence-corrected chi connectivity index (χ0v) is 9.61. The average molecular weight is 215 g/mol. The summed E-state index contributed by atoms with van der Waals surface area (Å²) < 4.78 is 0. The van der Waals surface area contributed by atoms with Crippen LogP contribution in [-0.2, 0) is 0 Å². The average Bonchev–Trinajstić information content (AvgIpc) is 2.78. The van der Waals surface area contributed by atoms with E-state index in [9.17, 15) is 0 Å². The van der Waals surface area contributed by atoms with E-state index < -0.39 is 0 Å². The van der Waals surface area contributed by atoms with Crippen molar-refractivity contribution in [2.75, 3.05) is 17.2 Å². The maximum atomic E-state index is 8.96. The lowest BCUT2D eigenvalue weighted by Gasteiger charge is -2.26. The Labute approximate surface area is 96.5 Å². The molecular formula is C13H17N3. The molecule has 0 radical (unpaired) electrons. The maximum Gasteiger partial charge on any atom is 0.101 e. The van der Waals surface area contributed by atoms with Gasteiger partial charge in [0.25, 0.3) is 0 Å². The van der Waals surface area contributed by atoms with Crippen LogP contribution in [0.15, 0.2) is 18.2 Å². The van der Waals surface area contributed by atoms with Crippen LogP contribution in [-0.4, -0.2) is 12.6 Å². The zero-order valence-electron chi connectivity index (χ0n) is 9.61. The molecule has 2 N–H and O–H groups in total. The Morgan fingerprint density at radius 2 is 2.38 bits per heavy atom. The van der Waals surface area contributed by atoms with E-state index in [0.29, 0.717) is 17.3 Å². The zero-order chi connectivity index (χ0) is 11.5. The number of hydrogen-bond acceptors (Lipinski definition) is 3. The number of nitrogens with two attached hydrogens (primary N) is 1. The number of anilines is 2. The van der Waals surface area contributed by atoms with Crippen molar-refractivity contribution in [3.05, 3.63) is 23.8 Å². The van der Waals surface area contributed by atoms with Crippen molar-refractivity contribution < 1.29 is 0 Å². The molecule has 1 aromatic carbocycles. The van der Waals surface area contributed by atoms with Crippen LogP contribution in [0, 0.1) is 11.3 Å². The number of rotatable bonds is 2. The fourth-order valence-corrected chi connectivity index (χ4v) is 2.42. The van der Waals surface area contributed by atoms with E-state index in [-0.39, 0.29) is 0 Å². The van der Waals surface area contributed by atoms with Crippen LogP contribution < -0.4 is 10.6 Å². The van der Waals surface area contributed by atoms with Crippen molar-refractivity contribution >= 4 is 11.4 Å². The van der Waals surface area contributed by atoms with Gasteiger partial charge in [0.1, 0.15) is 6.07 Å². The Morgan fingerprint density at radius 3 is 3.06 bits per heavy atom. The lowest BCUT2D eigenvalue weighted by molar-refractivity contribution is 0.645. The molecule has 0 aliphatic carbocycles. The Morgan fingerprint density at radius 1 is 1.56 bits per heavy atom. The molecule has 1 aliphatic rings. The molecule has 0 amide bonds. The number of nitrogen functional groups attached to an aromatic ring is 1. The third-order valence-corrected chi connectivity index (χ3v) is 3.34. The quantitative estimate of drug-likeness (QED) is 0.771. The molecule has 84 valence electrons. The molecule has 0 aromatic heterocycles. The van der Waals surface area contributed by atoms with Crippen LogP contribution >= 0.6 is 0 Å². The first-order valence-corrected chi connectivity index (χ1v) is 5.82. The van der Waals surface area contributed by atoms with Crippen LogP contribution in [0.5, 0.6) is 0 Å². The maximum absolute atomic E-state index is 8.96. The molecule has 1 heterocycles. The summed E-state index contributed by atoms with van der Waals surface area (Å²) in [5.74, 6) is 0. The van der Waals surface area contributed by atoms with E-state index in [1.54, 1.807) is 0 Å². The monoisotopic (exact) mass is 215 g/mol. The van der Waals surface area contributed by atoms with E-state index in [2.05, 4.69) is 17.9 Å². The second kappa shape index (κ2) is 4.44. The van der Waals surface area contributed by atoms with Crippen molar-refractivity contribution in [1.82, 2.24) is 0 Å². The van der Waals surface area contributed by atoms with E-state index in [0.717, 1.165) is 18.7 Å². The number of hydrogen-bond donors (Lipinski definition) is 1. The minimum atomic E-state index is 0.568. The smallest absolute Gasteiger partial charge is 0.101 e. The summed E-state index contributed by atoms with van der Waals surface area (Å²) in [7, 11) is 0. The molecule has 1 unspecified atom stereocenters. The summed E-state index contributed by atoms with van der Waals surface area (Å²) in [6, 6.07) is 8.52. The van der Waals surface area contributed by atoms with Crippen LogP contribution in [0.2, 0.25) is 0 Å². The van der Waals surface area contributed by atoms with Gasteiger partial charge in [-0.2, -0.15) is 5.26 Å². The van der Waals surface area contributed by atoms with Crippen molar-refractivity contribution in [3.63, 3.8) is 0 Å². The summed E-state index contributed by atoms with van der Waals surface area (Å²) in [5, 5.41) is 8.96. The van der Waals surface area contributed by atoms with Crippen molar-refractivity contribution in [2.24, 2.45) is 0 Å². The molecular weight excluding hydrogens is 198 g/mol. The lowest BCUT2D eigenvalue weighted by Crippen LogP contribution is -2.28. The van der Waals surface area contributed by atoms with Gasteiger partial charge in [-0.3, -0.25) is 0 Å². The van der Waals surface area contributed by atoms with Crippen LogP contribution in [0.3, 0.4) is 0 Å². The predicted octanol–water partition coefficient (Wildman–Crippen LogP) is 2.52. The number of nitrogens with zero attached hydrogens (tertiary/aromatic N) is 2. The van der Waals surface area contributed by atoms with Gasteiger partial charge in [0.2, 0.25) is 0 Å². The second-order valence-corrected chi connectivity index (χ2v) is 4.28. The third-order valence-electron chi connectivity index (χ3n) is 3.34. The van der Waals surface area contributed by atoms with E-state index >= 15 is 0 Å². The van der Waals surface area contributed by atoms with Gasteiger partial charge in [-0.15, -0.1) is 0 Å². The highest BCUT2D eigenvalue weighted by molar-refractivity contribution is 5.63. The van der Waals surface area contributed by atoms with Gasteiger partial charge in [-0.1, -0.05) is 6.92 Å². The van der Waals surface area contributed by atoms with Crippen molar-refractivity contribution in [2.45, 2.75) is 32.2 Å². The Balaban J connectivity index is 2.30. The molecule has 1 fully saturated rings. The van der Waals surface area contributed by atoms with Gasteiger partial charge in [-0.05, 0) is 37.5 Å². The summed E-state index contributed by atoms with van der Waals surface area (Å²) in [6.07, 6.45) is 3.65. The fourth-order valence-electron chi connectivity index (χ4n) is 2.42. The topological polar surface area (TPSA) is 53.0 Å². The highest BCUT2D eigenvalue weighted by Crippen LogP contribution is 2.29. The predicted molar refractivity (Wildman–Crippen MR) is 66.2 cm³/mol. The summed E-state index contributed by atoms with van der Waals surface area (Å²) in [4.78, 5) is 2.39. The van der Waals surface area contributed by atoms with Gasteiger partial charge < -0.3 is 10.6 Å². The lowest BCUT2D eigenvalue weighted by atomic mass is 10.1. The molecule has 3 heteroatoms. The molecule has 1 aliphatic heterocycles. The van der Waals surface area contributed by atoms with Gasteiger partial charge in [0, 0.05) is 24.0 Å². The first-order valence-electron chi connectivity index (χ1n) is 5.82. The van der Waals surface area contributed by atoms with Gasteiger partial charge >= 0.3 is 0 Å².